The molecule has 0 saturated carbocycles. The lowest BCUT2D eigenvalue weighted by Crippen LogP contribution is -2.11. The fraction of sp³-hybridized carbons (Fsp3) is 0.600. The largest absolute Gasteiger partial charge is 0.386 e. The van der Waals surface area contributed by atoms with Crippen LogP contribution in [-0.4, -0.2) is 31.5 Å². The van der Waals surface area contributed by atoms with Crippen molar-refractivity contribution in [1.29, 1.82) is 0 Å². The first-order valence-electron chi connectivity index (χ1n) is 6.64. The molecule has 1 aromatic rings. The monoisotopic (exact) mass is 252 g/mol. The van der Waals surface area contributed by atoms with Gasteiger partial charge >= 0.3 is 0 Å². The van der Waals surface area contributed by atoms with Crippen LogP contribution < -0.4 is 0 Å². The van der Waals surface area contributed by atoms with Crippen LogP contribution in [0.15, 0.2) is 24.3 Å². The lowest BCUT2D eigenvalue weighted by Gasteiger charge is -2.12. The summed E-state index contributed by atoms with van der Waals surface area (Å²) in [6, 6.07) is 7.85. The highest BCUT2D eigenvalue weighted by atomic mass is 16.5. The van der Waals surface area contributed by atoms with Crippen LogP contribution in [0.5, 0.6) is 0 Å². The van der Waals surface area contributed by atoms with Crippen LogP contribution in [-0.2, 0) is 9.47 Å². The summed E-state index contributed by atoms with van der Waals surface area (Å²) in [5.74, 6) is 0. The molecule has 0 aliphatic heterocycles. The molecule has 18 heavy (non-hydrogen) atoms. The highest BCUT2D eigenvalue weighted by Crippen LogP contribution is 2.13. The van der Waals surface area contributed by atoms with Crippen molar-refractivity contribution in [1.82, 2.24) is 0 Å². The van der Waals surface area contributed by atoms with Crippen molar-refractivity contribution in [2.45, 2.75) is 32.8 Å². The Morgan fingerprint density at radius 3 is 2.39 bits per heavy atom. The Bertz CT molecular complexity index is 308. The molecule has 0 amide bonds. The standard InChI is InChI=1S/C15H24O3/c1-3-4-9-17-10-11-18-12-15(16)14-7-5-13(2)6-8-14/h5-8,15-16H,3-4,9-12H2,1-2H3. The minimum absolute atomic E-state index is 0.320. The molecule has 0 heterocycles. The van der Waals surface area contributed by atoms with Crippen molar-refractivity contribution in [3.63, 3.8) is 0 Å². The van der Waals surface area contributed by atoms with Gasteiger partial charge in [0, 0.05) is 6.61 Å². The van der Waals surface area contributed by atoms with Crippen LogP contribution in [0.25, 0.3) is 0 Å². The van der Waals surface area contributed by atoms with E-state index in [0.29, 0.717) is 19.8 Å². The third-order valence-corrected chi connectivity index (χ3v) is 2.75. The number of rotatable bonds is 9. The van der Waals surface area contributed by atoms with E-state index in [-0.39, 0.29) is 0 Å². The molecule has 3 heteroatoms. The highest BCUT2D eigenvalue weighted by Gasteiger charge is 2.06. The molecule has 0 spiro atoms. The Morgan fingerprint density at radius 1 is 1.06 bits per heavy atom. The predicted octanol–water partition coefficient (Wildman–Crippen LogP) is 2.86. The minimum Gasteiger partial charge on any atom is -0.386 e. The maximum Gasteiger partial charge on any atom is 0.102 e. The number of hydrogen-bond acceptors (Lipinski definition) is 3. The Labute approximate surface area is 110 Å². The number of aliphatic hydroxyl groups is 1. The third kappa shape index (κ3) is 6.15. The molecule has 102 valence electrons. The van der Waals surface area contributed by atoms with E-state index >= 15 is 0 Å². The van der Waals surface area contributed by atoms with E-state index in [0.717, 1.165) is 25.0 Å². The van der Waals surface area contributed by atoms with Gasteiger partial charge in [0.15, 0.2) is 0 Å². The van der Waals surface area contributed by atoms with Crippen LogP contribution in [0, 0.1) is 6.92 Å². The number of benzene rings is 1. The molecular formula is C15H24O3. The molecule has 0 bridgehead atoms. The Balaban J connectivity index is 2.10. The lowest BCUT2D eigenvalue weighted by molar-refractivity contribution is 0.00275. The smallest absolute Gasteiger partial charge is 0.102 e. The fourth-order valence-corrected chi connectivity index (χ4v) is 1.55. The van der Waals surface area contributed by atoms with E-state index in [1.54, 1.807) is 0 Å². The molecule has 3 nitrogen and oxygen atoms in total. The summed E-state index contributed by atoms with van der Waals surface area (Å²) in [7, 11) is 0. The summed E-state index contributed by atoms with van der Waals surface area (Å²) in [5.41, 5.74) is 2.09. The average molecular weight is 252 g/mol. The molecule has 1 atom stereocenters. The molecule has 0 aromatic heterocycles. The first-order chi connectivity index (χ1) is 8.74. The topological polar surface area (TPSA) is 38.7 Å². The van der Waals surface area contributed by atoms with Crippen LogP contribution in [0.4, 0.5) is 0 Å². The zero-order valence-corrected chi connectivity index (χ0v) is 11.4. The van der Waals surface area contributed by atoms with Crippen LogP contribution in [0.1, 0.15) is 37.0 Å². The summed E-state index contributed by atoms with van der Waals surface area (Å²) >= 11 is 0. The van der Waals surface area contributed by atoms with Crippen LogP contribution in [0.2, 0.25) is 0 Å². The molecule has 1 rings (SSSR count). The molecule has 0 fully saturated rings. The minimum atomic E-state index is -0.554. The Kier molecular flexibility index (Phi) is 7.65. The lowest BCUT2D eigenvalue weighted by atomic mass is 10.1. The van der Waals surface area contributed by atoms with Gasteiger partial charge in [0.05, 0.1) is 19.8 Å². The van der Waals surface area contributed by atoms with E-state index in [2.05, 4.69) is 6.92 Å². The molecule has 1 N–H and O–H groups in total. The second-order valence-corrected chi connectivity index (χ2v) is 4.47. The highest BCUT2D eigenvalue weighted by molar-refractivity contribution is 5.23. The average Bonchev–Trinajstić information content (AvgIpc) is 2.38. The summed E-state index contributed by atoms with van der Waals surface area (Å²) < 4.78 is 10.8. The molecule has 1 aromatic carbocycles. The van der Waals surface area contributed by atoms with Gasteiger partial charge in [-0.2, -0.15) is 0 Å². The van der Waals surface area contributed by atoms with Gasteiger partial charge in [-0.15, -0.1) is 0 Å². The summed E-state index contributed by atoms with van der Waals surface area (Å²) in [6.07, 6.45) is 1.68. The van der Waals surface area contributed by atoms with Gasteiger partial charge < -0.3 is 14.6 Å². The maximum atomic E-state index is 9.89. The Morgan fingerprint density at radius 2 is 1.72 bits per heavy atom. The van der Waals surface area contributed by atoms with Gasteiger partial charge in [-0.25, -0.2) is 0 Å². The van der Waals surface area contributed by atoms with Crippen molar-refractivity contribution in [3.8, 4) is 0 Å². The second kappa shape index (κ2) is 9.09. The van der Waals surface area contributed by atoms with Crippen molar-refractivity contribution in [3.05, 3.63) is 35.4 Å². The zero-order chi connectivity index (χ0) is 13.2. The molecular weight excluding hydrogens is 228 g/mol. The van der Waals surface area contributed by atoms with Crippen LogP contribution >= 0.6 is 0 Å². The predicted molar refractivity (Wildman–Crippen MR) is 72.7 cm³/mol. The van der Waals surface area contributed by atoms with E-state index in [1.807, 2.05) is 31.2 Å². The zero-order valence-electron chi connectivity index (χ0n) is 11.4. The fourth-order valence-electron chi connectivity index (χ4n) is 1.55. The number of unbranched alkanes of at least 4 members (excludes halogenated alkanes) is 1. The molecule has 0 aliphatic carbocycles. The number of aliphatic hydroxyl groups excluding tert-OH is 1. The molecule has 1 unspecified atom stereocenters. The second-order valence-electron chi connectivity index (χ2n) is 4.47. The van der Waals surface area contributed by atoms with Gasteiger partial charge in [0.2, 0.25) is 0 Å². The van der Waals surface area contributed by atoms with Crippen LogP contribution in [0.3, 0.4) is 0 Å². The van der Waals surface area contributed by atoms with Gasteiger partial charge in [0.25, 0.3) is 0 Å². The number of hydrogen-bond donors (Lipinski definition) is 1. The van der Waals surface area contributed by atoms with Crippen molar-refractivity contribution in [2.24, 2.45) is 0 Å². The van der Waals surface area contributed by atoms with Gasteiger partial charge in [-0.3, -0.25) is 0 Å². The van der Waals surface area contributed by atoms with Gasteiger partial charge in [0.1, 0.15) is 6.10 Å². The van der Waals surface area contributed by atoms with E-state index in [4.69, 9.17) is 9.47 Å². The van der Waals surface area contributed by atoms with Gasteiger partial charge in [-0.05, 0) is 18.9 Å². The quantitative estimate of drug-likeness (QED) is 0.687. The SMILES string of the molecule is CCCCOCCOCC(O)c1ccc(C)cc1. The molecule has 0 aliphatic rings. The Hall–Kier alpha value is -0.900. The van der Waals surface area contributed by atoms with E-state index < -0.39 is 6.10 Å². The van der Waals surface area contributed by atoms with E-state index in [1.165, 1.54) is 5.56 Å². The van der Waals surface area contributed by atoms with Crippen molar-refractivity contribution >= 4 is 0 Å². The van der Waals surface area contributed by atoms with Crippen molar-refractivity contribution in [2.75, 3.05) is 26.4 Å². The normalized spacial score (nSPS) is 12.6. The summed E-state index contributed by atoms with van der Waals surface area (Å²) in [4.78, 5) is 0. The van der Waals surface area contributed by atoms with Crippen molar-refractivity contribution < 1.29 is 14.6 Å². The number of ether oxygens (including phenoxy) is 2. The first kappa shape index (κ1) is 15.2. The van der Waals surface area contributed by atoms with Gasteiger partial charge in [-0.1, -0.05) is 43.2 Å². The molecule has 0 saturated heterocycles. The number of aryl methyl sites for hydroxylation is 1. The molecule has 0 radical (unpaired) electrons. The van der Waals surface area contributed by atoms with E-state index in [9.17, 15) is 5.11 Å². The maximum absolute atomic E-state index is 9.89. The first-order valence-corrected chi connectivity index (χ1v) is 6.64. The third-order valence-electron chi connectivity index (χ3n) is 2.75. The summed E-state index contributed by atoms with van der Waals surface area (Å²) in [6.45, 7) is 6.41. The summed E-state index contributed by atoms with van der Waals surface area (Å²) in [5, 5.41) is 9.89.